The third-order valence-electron chi connectivity index (χ3n) is 0.959. The third-order valence-corrected chi connectivity index (χ3v) is 0.959. The van der Waals surface area contributed by atoms with Crippen LogP contribution in [0.15, 0.2) is 12.2 Å². The summed E-state index contributed by atoms with van der Waals surface area (Å²) in [6, 6.07) is 0. The van der Waals surface area contributed by atoms with Crippen molar-refractivity contribution in [3.05, 3.63) is 12.2 Å². The lowest BCUT2D eigenvalue weighted by molar-refractivity contribution is 0.843. The number of nitrogens with zero attached hydrogens (tertiary/aromatic N) is 1. The molecule has 0 aromatic rings. The van der Waals surface area contributed by atoms with Gasteiger partial charge in [-0.2, -0.15) is 0 Å². The highest BCUT2D eigenvalue weighted by Gasteiger charge is 2.01. The van der Waals surface area contributed by atoms with E-state index in [1.165, 1.54) is 5.57 Å². The Bertz CT molecular complexity index is 58.3. The van der Waals surface area contributed by atoms with Crippen LogP contribution in [0.1, 0.15) is 6.42 Å². The van der Waals surface area contributed by atoms with Crippen LogP contribution in [0, 0.1) is 0 Å². The van der Waals surface area contributed by atoms with Crippen molar-refractivity contribution < 1.29 is 0 Å². The van der Waals surface area contributed by atoms with E-state index < -0.39 is 0 Å². The predicted molar refractivity (Wildman–Crippen MR) is 25.6 cm³/mol. The lowest BCUT2D eigenvalue weighted by Gasteiger charge is -1.78. The first-order chi connectivity index (χ1) is 2.89. The molecule has 1 aliphatic rings. The molecule has 1 rings (SSSR count). The molecule has 0 aromatic carbocycles. The van der Waals surface area contributed by atoms with Gasteiger partial charge in [-0.3, -0.25) is 0 Å². The molecular formula is C5H8N. The third kappa shape index (κ3) is 0.601. The average molecular weight is 82.1 g/mol. The Morgan fingerprint density at radius 3 is 2.67 bits per heavy atom. The van der Waals surface area contributed by atoms with E-state index in [0.717, 1.165) is 19.5 Å². The fourth-order valence-electron chi connectivity index (χ4n) is 0.553. The van der Waals surface area contributed by atoms with Gasteiger partial charge in [0.25, 0.3) is 0 Å². The average Bonchev–Trinajstić information content (AvgIpc) is 1.86. The summed E-state index contributed by atoms with van der Waals surface area (Å²) in [5.74, 6) is 0. The lowest BCUT2D eigenvalue weighted by atomic mass is 10.3. The van der Waals surface area contributed by atoms with E-state index in [9.17, 15) is 0 Å². The van der Waals surface area contributed by atoms with Gasteiger partial charge < -0.3 is 0 Å². The molecule has 0 aromatic heterocycles. The van der Waals surface area contributed by atoms with Gasteiger partial charge in [0, 0.05) is 13.1 Å². The summed E-state index contributed by atoms with van der Waals surface area (Å²) < 4.78 is 0. The zero-order valence-corrected chi connectivity index (χ0v) is 3.78. The van der Waals surface area contributed by atoms with Crippen LogP contribution in [-0.4, -0.2) is 13.1 Å². The van der Waals surface area contributed by atoms with Crippen LogP contribution >= 0.6 is 0 Å². The van der Waals surface area contributed by atoms with Gasteiger partial charge in [-0.05, 0) is 6.42 Å². The topological polar surface area (TPSA) is 14.1 Å². The van der Waals surface area contributed by atoms with Crippen molar-refractivity contribution in [2.75, 3.05) is 13.1 Å². The molecule has 1 radical (unpaired) electrons. The molecule has 6 heavy (non-hydrogen) atoms. The molecule has 0 saturated carbocycles. The van der Waals surface area contributed by atoms with E-state index in [0.29, 0.717) is 0 Å². The molecule has 1 nitrogen and oxygen atoms in total. The molecule has 1 aliphatic heterocycles. The van der Waals surface area contributed by atoms with E-state index in [4.69, 9.17) is 0 Å². The summed E-state index contributed by atoms with van der Waals surface area (Å²) in [6.07, 6.45) is 1.12. The van der Waals surface area contributed by atoms with Crippen LogP contribution in [0.25, 0.3) is 0 Å². The van der Waals surface area contributed by atoms with E-state index in [-0.39, 0.29) is 0 Å². The first kappa shape index (κ1) is 3.88. The van der Waals surface area contributed by atoms with Gasteiger partial charge in [-0.25, -0.2) is 5.32 Å². The molecule has 33 valence electrons. The zero-order valence-electron chi connectivity index (χ0n) is 3.78. The van der Waals surface area contributed by atoms with Crippen molar-refractivity contribution in [1.29, 1.82) is 0 Å². The van der Waals surface area contributed by atoms with Gasteiger partial charge >= 0.3 is 0 Å². The van der Waals surface area contributed by atoms with Crippen molar-refractivity contribution in [1.82, 2.24) is 5.32 Å². The van der Waals surface area contributed by atoms with E-state index in [2.05, 4.69) is 11.9 Å². The summed E-state index contributed by atoms with van der Waals surface area (Å²) in [7, 11) is 0. The first-order valence-corrected chi connectivity index (χ1v) is 2.19. The van der Waals surface area contributed by atoms with Crippen LogP contribution in [0.3, 0.4) is 0 Å². The highest BCUT2D eigenvalue weighted by atomic mass is 14.9. The summed E-state index contributed by atoms with van der Waals surface area (Å²) in [5, 5.41) is 4.06. The molecule has 0 unspecified atom stereocenters. The second-order valence-electron chi connectivity index (χ2n) is 1.61. The van der Waals surface area contributed by atoms with Crippen LogP contribution < -0.4 is 5.32 Å². The summed E-state index contributed by atoms with van der Waals surface area (Å²) in [5.41, 5.74) is 1.29. The SMILES string of the molecule is C=C1CC[N]C1. The first-order valence-electron chi connectivity index (χ1n) is 2.19. The molecule has 0 bridgehead atoms. The van der Waals surface area contributed by atoms with Crippen molar-refractivity contribution in [2.24, 2.45) is 0 Å². The number of hydrogen-bond acceptors (Lipinski definition) is 0. The van der Waals surface area contributed by atoms with Crippen molar-refractivity contribution in [2.45, 2.75) is 6.42 Å². The molecule has 0 N–H and O–H groups in total. The maximum absolute atomic E-state index is 4.06. The van der Waals surface area contributed by atoms with E-state index in [1.54, 1.807) is 0 Å². The Labute approximate surface area is 38.1 Å². The largest absolute Gasteiger partial charge is 0.237 e. The number of rotatable bonds is 0. The molecule has 0 aliphatic carbocycles. The molecule has 1 heteroatoms. The highest BCUT2D eigenvalue weighted by molar-refractivity contribution is 5.01. The standard InChI is InChI=1S/C5H8N/c1-5-2-3-6-4-5/h1-4H2. The van der Waals surface area contributed by atoms with Gasteiger partial charge in [0.2, 0.25) is 0 Å². The van der Waals surface area contributed by atoms with Crippen LogP contribution in [-0.2, 0) is 0 Å². The van der Waals surface area contributed by atoms with Gasteiger partial charge in [-0.15, -0.1) is 0 Å². The Hall–Kier alpha value is -0.300. The molecule has 0 spiro atoms. The van der Waals surface area contributed by atoms with Gasteiger partial charge in [0.1, 0.15) is 0 Å². The second kappa shape index (κ2) is 1.43. The van der Waals surface area contributed by atoms with E-state index in [1.807, 2.05) is 0 Å². The Morgan fingerprint density at radius 2 is 2.50 bits per heavy atom. The fourth-order valence-corrected chi connectivity index (χ4v) is 0.553. The van der Waals surface area contributed by atoms with Crippen molar-refractivity contribution in [3.63, 3.8) is 0 Å². The molecule has 0 atom stereocenters. The maximum atomic E-state index is 4.06. The van der Waals surface area contributed by atoms with E-state index >= 15 is 0 Å². The van der Waals surface area contributed by atoms with Crippen molar-refractivity contribution in [3.8, 4) is 0 Å². The molecular weight excluding hydrogens is 74.1 g/mol. The van der Waals surface area contributed by atoms with Crippen LogP contribution in [0.5, 0.6) is 0 Å². The Balaban J connectivity index is 2.37. The molecule has 1 fully saturated rings. The minimum atomic E-state index is 0.917. The van der Waals surface area contributed by atoms with Crippen LogP contribution in [0.2, 0.25) is 0 Å². The summed E-state index contributed by atoms with van der Waals surface area (Å²) in [4.78, 5) is 0. The fraction of sp³-hybridized carbons (Fsp3) is 0.600. The highest BCUT2D eigenvalue weighted by Crippen LogP contribution is 2.01. The second-order valence-corrected chi connectivity index (χ2v) is 1.61. The normalized spacial score (nSPS) is 22.3. The van der Waals surface area contributed by atoms with Gasteiger partial charge in [0.05, 0.1) is 0 Å². The Kier molecular flexibility index (Phi) is 0.926. The summed E-state index contributed by atoms with van der Waals surface area (Å²) in [6.45, 7) is 5.69. The molecule has 1 saturated heterocycles. The predicted octanol–water partition coefficient (Wildman–Crippen LogP) is 0.551. The summed E-state index contributed by atoms with van der Waals surface area (Å²) >= 11 is 0. The monoisotopic (exact) mass is 82.1 g/mol. The minimum Gasteiger partial charge on any atom is -0.237 e. The van der Waals surface area contributed by atoms with Crippen molar-refractivity contribution >= 4 is 0 Å². The smallest absolute Gasteiger partial charge is 0.0341 e. The van der Waals surface area contributed by atoms with Gasteiger partial charge in [0.15, 0.2) is 0 Å². The van der Waals surface area contributed by atoms with Crippen LogP contribution in [0.4, 0.5) is 0 Å². The lowest BCUT2D eigenvalue weighted by Crippen LogP contribution is -1.93. The Morgan fingerprint density at radius 1 is 1.67 bits per heavy atom. The molecule has 1 heterocycles. The molecule has 0 amide bonds. The van der Waals surface area contributed by atoms with Gasteiger partial charge in [-0.1, -0.05) is 12.2 Å². The zero-order chi connectivity index (χ0) is 4.41. The minimum absolute atomic E-state index is 0.917. The number of hydrogen-bond donors (Lipinski definition) is 0. The quantitative estimate of drug-likeness (QED) is 0.379. The maximum Gasteiger partial charge on any atom is 0.0341 e.